The normalized spacial score (nSPS) is 16.5. The Bertz CT molecular complexity index is 2760. The third kappa shape index (κ3) is 11.8. The molecule has 70 heavy (non-hydrogen) atoms. The maximum Gasteiger partial charge on any atom is 0.339 e. The molecule has 4 aromatic carbocycles. The summed E-state index contributed by atoms with van der Waals surface area (Å²) in [6.07, 6.45) is 1.58. The maximum atomic E-state index is 12.8. The number of aromatic nitrogens is 4. The number of carbonyl (C=O) groups is 1. The van der Waals surface area contributed by atoms with Gasteiger partial charge in [0.1, 0.15) is 35.2 Å². The molecule has 0 aliphatic carbocycles. The van der Waals surface area contributed by atoms with E-state index in [0.717, 1.165) is 22.3 Å². The largest absolute Gasteiger partial charge is 0.497 e. The lowest BCUT2D eigenvalue weighted by molar-refractivity contribution is -0.0931. The molecule has 0 amide bonds. The Hall–Kier alpha value is -6.68. The topological polar surface area (TPSA) is 178 Å². The highest BCUT2D eigenvalue weighted by atomic mass is 31.2. The molecule has 2 unspecified atom stereocenters. The highest BCUT2D eigenvalue weighted by Gasteiger charge is 2.45. The number of rotatable bonds is 20. The van der Waals surface area contributed by atoms with Crippen LogP contribution >= 0.6 is 8.53 Å². The second-order valence-corrected chi connectivity index (χ2v) is 18.7. The minimum absolute atomic E-state index is 0.0341. The molecule has 0 spiro atoms. The van der Waals surface area contributed by atoms with Crippen molar-refractivity contribution >= 4 is 31.6 Å². The summed E-state index contributed by atoms with van der Waals surface area (Å²) in [6.45, 7) is 12.1. The first-order valence-electron chi connectivity index (χ1n) is 23.1. The Balaban J connectivity index is 1.32. The average molecular weight is 966 g/mol. The van der Waals surface area contributed by atoms with Gasteiger partial charge in [-0.05, 0) is 107 Å². The minimum atomic E-state index is -1.72. The van der Waals surface area contributed by atoms with Gasteiger partial charge in [0.2, 0.25) is 0 Å². The third-order valence-corrected chi connectivity index (χ3v) is 13.8. The number of allylic oxidation sites excluding steroid dienone is 1. The predicted octanol–water partition coefficient (Wildman–Crippen LogP) is 9.64. The molecule has 6 aromatic rings. The molecule has 2 N–H and O–H groups in total. The van der Waals surface area contributed by atoms with E-state index in [2.05, 4.69) is 55.3 Å². The molecule has 0 bridgehead atoms. The quantitative estimate of drug-likeness (QED) is 0.0251. The number of esters is 1. The Labute approximate surface area is 411 Å². The molecule has 1 saturated heterocycles. The molecule has 364 valence electrons. The van der Waals surface area contributed by atoms with Gasteiger partial charge in [-0.15, -0.1) is 0 Å². The highest BCUT2D eigenvalue weighted by molar-refractivity contribution is 7.44. The van der Waals surface area contributed by atoms with Gasteiger partial charge in [0.05, 0.1) is 62.7 Å². The van der Waals surface area contributed by atoms with Crippen LogP contribution < -0.4 is 15.2 Å². The average Bonchev–Trinajstić information content (AvgIpc) is 3.94. The van der Waals surface area contributed by atoms with Crippen molar-refractivity contribution in [1.82, 2.24) is 24.4 Å². The number of aryl methyl sites for hydroxylation is 1. The fourth-order valence-electron chi connectivity index (χ4n) is 8.41. The summed E-state index contributed by atoms with van der Waals surface area (Å²) in [4.78, 5) is 22.1. The Morgan fingerprint density at radius 1 is 0.929 bits per heavy atom. The second-order valence-electron chi connectivity index (χ2n) is 17.3. The number of ether oxygens (including phenoxy) is 5. The molecule has 4 atom stereocenters. The zero-order valence-electron chi connectivity index (χ0n) is 40.9. The fourth-order valence-corrected chi connectivity index (χ4v) is 10.2. The molecule has 1 aliphatic rings. The van der Waals surface area contributed by atoms with Gasteiger partial charge in [-0.2, -0.15) is 10.4 Å². The van der Waals surface area contributed by atoms with Crippen LogP contribution in [0, 0.1) is 30.1 Å². The van der Waals surface area contributed by atoms with E-state index >= 15 is 0 Å². The number of benzene rings is 4. The van der Waals surface area contributed by atoms with Crippen LogP contribution in [-0.2, 0) is 28.9 Å². The summed E-state index contributed by atoms with van der Waals surface area (Å²) >= 11 is 0. The van der Waals surface area contributed by atoms with E-state index in [-0.39, 0.29) is 38.3 Å². The van der Waals surface area contributed by atoms with E-state index in [4.69, 9.17) is 48.5 Å². The predicted molar refractivity (Wildman–Crippen MR) is 268 cm³/mol. The zero-order chi connectivity index (χ0) is 49.8. The summed E-state index contributed by atoms with van der Waals surface area (Å²) in [5, 5.41) is 15.1. The van der Waals surface area contributed by atoms with Gasteiger partial charge in [0.15, 0.2) is 18.5 Å². The summed E-state index contributed by atoms with van der Waals surface area (Å²) in [5.74, 6) is 6.99. The van der Waals surface area contributed by atoms with Crippen LogP contribution in [0.4, 0.5) is 0 Å². The maximum absolute atomic E-state index is 12.8. The molecular formula is C54H60N7O8P. The van der Waals surface area contributed by atoms with Crippen molar-refractivity contribution < 1.29 is 37.5 Å². The van der Waals surface area contributed by atoms with Crippen molar-refractivity contribution in [2.24, 2.45) is 5.73 Å². The van der Waals surface area contributed by atoms with Crippen LogP contribution in [-0.4, -0.2) is 88.7 Å². The SMILES string of the molecule is COc1ccc(C(OC[C@H]2O[C@@H](n3nc(C#CCOC(=O)c4ccc(C)cc4)c4c(C=C(C)N)ncnc43)CC2OP(OCCC#N)N(C(C)C)C(C)C)(c2ccccc2)c2ccc(OC)cc2)cc1. The monoisotopic (exact) mass is 965 g/mol. The molecule has 7 rings (SSSR count). The van der Waals surface area contributed by atoms with E-state index < -0.39 is 38.5 Å². The van der Waals surface area contributed by atoms with Crippen molar-refractivity contribution in [3.63, 3.8) is 0 Å². The van der Waals surface area contributed by atoms with Gasteiger partial charge in [-0.1, -0.05) is 78.2 Å². The first kappa shape index (κ1) is 51.2. The number of carbonyl (C=O) groups excluding carboxylic acids is 1. The van der Waals surface area contributed by atoms with Crippen LogP contribution in [0.3, 0.4) is 0 Å². The third-order valence-electron chi connectivity index (χ3n) is 11.6. The van der Waals surface area contributed by atoms with Crippen LogP contribution in [0.5, 0.6) is 11.5 Å². The molecule has 0 saturated carbocycles. The van der Waals surface area contributed by atoms with E-state index in [0.29, 0.717) is 51.6 Å². The van der Waals surface area contributed by atoms with E-state index in [9.17, 15) is 10.1 Å². The second kappa shape index (κ2) is 23.8. The van der Waals surface area contributed by atoms with Gasteiger partial charge in [-0.25, -0.2) is 24.1 Å². The van der Waals surface area contributed by atoms with Crippen molar-refractivity contribution in [1.29, 1.82) is 5.26 Å². The molecule has 16 heteroatoms. The van der Waals surface area contributed by atoms with Crippen molar-refractivity contribution in [3.05, 3.63) is 154 Å². The van der Waals surface area contributed by atoms with Crippen LogP contribution in [0.15, 0.2) is 115 Å². The first-order chi connectivity index (χ1) is 33.9. The number of methoxy groups -OCH3 is 2. The zero-order valence-corrected chi connectivity index (χ0v) is 41.8. The molecule has 1 aliphatic heterocycles. The van der Waals surface area contributed by atoms with Crippen molar-refractivity contribution in [2.75, 3.05) is 34.0 Å². The lowest BCUT2D eigenvalue weighted by Gasteiger charge is -2.39. The summed E-state index contributed by atoms with van der Waals surface area (Å²) in [5.41, 5.74) is 10.9. The Kier molecular flexibility index (Phi) is 17.4. The van der Waals surface area contributed by atoms with Crippen LogP contribution in [0.25, 0.3) is 17.1 Å². The summed E-state index contributed by atoms with van der Waals surface area (Å²) in [6, 6.07) is 35.1. The minimum Gasteiger partial charge on any atom is -0.497 e. The lowest BCUT2D eigenvalue weighted by atomic mass is 9.80. The number of nitrogens with zero attached hydrogens (tertiary/aromatic N) is 6. The molecule has 3 heterocycles. The fraction of sp³-hybridized carbons (Fsp3) is 0.352. The molecule has 0 radical (unpaired) electrons. The number of hydrogen-bond acceptors (Lipinski definition) is 14. The number of nitriles is 1. The summed E-state index contributed by atoms with van der Waals surface area (Å²) < 4.78 is 48.7. The lowest BCUT2D eigenvalue weighted by Crippen LogP contribution is -2.39. The molecule has 1 fully saturated rings. The standard InChI is InChI=1S/C54H60N7O8P/c1-36(2)61(37(3)4)70(67-31-13-29-55)69-48-33-50(60-52-51(47(32-39(6)56)57-35-58-52)46(59-60)16-12-30-65-53(62)40-19-17-38(5)18-20-40)68-49(48)34-66-54(41-14-10-9-11-15-41,42-21-25-44(63-7)26-22-42)43-23-27-45(64-8)28-24-43/h9-11,14-15,17-28,32,35-37,48-50H,13,30-31,33-34,56H2,1-8H3/t48?,49-,50-,70?/m1/s1. The van der Waals surface area contributed by atoms with Crippen LogP contribution in [0.1, 0.15) is 97.7 Å². The van der Waals surface area contributed by atoms with Crippen molar-refractivity contribution in [3.8, 4) is 29.4 Å². The van der Waals surface area contributed by atoms with E-state index in [1.807, 2.05) is 97.9 Å². The molecule has 15 nitrogen and oxygen atoms in total. The van der Waals surface area contributed by atoms with Gasteiger partial charge < -0.3 is 38.5 Å². The van der Waals surface area contributed by atoms with Crippen LogP contribution in [0.2, 0.25) is 0 Å². The number of fused-ring (bicyclic) bond motifs is 1. The first-order valence-corrected chi connectivity index (χ1v) is 24.3. The van der Waals surface area contributed by atoms with Crippen molar-refractivity contribution in [2.45, 2.75) is 90.5 Å². The molecule has 2 aromatic heterocycles. The van der Waals surface area contributed by atoms with Gasteiger partial charge in [0, 0.05) is 24.2 Å². The Morgan fingerprint density at radius 2 is 1.56 bits per heavy atom. The summed E-state index contributed by atoms with van der Waals surface area (Å²) in [7, 11) is 1.55. The van der Waals surface area contributed by atoms with E-state index in [1.165, 1.54) is 6.33 Å². The highest BCUT2D eigenvalue weighted by Crippen LogP contribution is 2.51. The van der Waals surface area contributed by atoms with Gasteiger partial charge >= 0.3 is 5.97 Å². The van der Waals surface area contributed by atoms with E-state index in [1.54, 1.807) is 44.0 Å². The number of hydrogen-bond donors (Lipinski definition) is 1. The van der Waals surface area contributed by atoms with Gasteiger partial charge in [-0.3, -0.25) is 0 Å². The van der Waals surface area contributed by atoms with Gasteiger partial charge in [0.25, 0.3) is 8.53 Å². The number of nitrogens with two attached hydrogens (primary N) is 1. The smallest absolute Gasteiger partial charge is 0.339 e. The Morgan fingerprint density at radius 3 is 2.14 bits per heavy atom. The molecular weight excluding hydrogens is 906 g/mol.